The highest BCUT2D eigenvalue weighted by Gasteiger charge is 2.05. The van der Waals surface area contributed by atoms with Gasteiger partial charge in [0.05, 0.1) is 13.7 Å². The molecule has 30 heavy (non-hydrogen) atoms. The number of hydrogen-bond acceptors (Lipinski definition) is 3. The van der Waals surface area contributed by atoms with Gasteiger partial charge >= 0.3 is 0 Å². The summed E-state index contributed by atoms with van der Waals surface area (Å²) in [4.78, 5) is 0. The molecule has 0 aliphatic rings. The van der Waals surface area contributed by atoms with Gasteiger partial charge < -0.3 is 14.8 Å². The molecular weight excluding hydrogens is 370 g/mol. The van der Waals surface area contributed by atoms with Crippen LogP contribution < -0.4 is 14.8 Å². The topological polar surface area (TPSA) is 30.5 Å². The van der Waals surface area contributed by atoms with Gasteiger partial charge in [0.1, 0.15) is 0 Å². The first-order chi connectivity index (χ1) is 14.8. The summed E-state index contributed by atoms with van der Waals surface area (Å²) >= 11 is 0. The van der Waals surface area contributed by atoms with Crippen LogP contribution in [0.5, 0.6) is 11.5 Å². The third-order valence-corrected chi connectivity index (χ3v) is 5.73. The van der Waals surface area contributed by atoms with Crippen molar-refractivity contribution < 1.29 is 9.47 Å². The average molecular weight is 420 g/mol. The van der Waals surface area contributed by atoms with Crippen molar-refractivity contribution in [2.45, 2.75) is 117 Å². The Morgan fingerprint density at radius 1 is 0.667 bits per heavy atom. The second-order valence-corrected chi connectivity index (χ2v) is 8.61. The number of nitrogens with one attached hydrogen (secondary N) is 1. The standard InChI is InChI=1S/C27H49NO2/c1-4-6-7-8-9-10-11-12-13-14-15-16-17-18-21-28-24-25-19-20-26(30-22-5-2)27(23-25)29-3/h19-20,23,28H,4-18,21-22,24H2,1-3H3. The number of benzene rings is 1. The Hall–Kier alpha value is -1.22. The van der Waals surface area contributed by atoms with E-state index < -0.39 is 0 Å². The van der Waals surface area contributed by atoms with Gasteiger partial charge in [0.2, 0.25) is 0 Å². The van der Waals surface area contributed by atoms with Crippen molar-refractivity contribution in [2.75, 3.05) is 20.3 Å². The highest BCUT2D eigenvalue weighted by atomic mass is 16.5. The molecule has 3 nitrogen and oxygen atoms in total. The summed E-state index contributed by atoms with van der Waals surface area (Å²) < 4.78 is 11.2. The number of rotatable bonds is 21. The van der Waals surface area contributed by atoms with E-state index in [0.717, 1.165) is 37.6 Å². The summed E-state index contributed by atoms with van der Waals surface area (Å²) in [6.45, 7) is 7.12. The number of unbranched alkanes of at least 4 members (excludes halogenated alkanes) is 13. The molecule has 1 aromatic carbocycles. The van der Waals surface area contributed by atoms with E-state index in [1.165, 1.54) is 95.5 Å². The van der Waals surface area contributed by atoms with Gasteiger partial charge in [-0.1, -0.05) is 103 Å². The molecule has 0 atom stereocenters. The largest absolute Gasteiger partial charge is 0.493 e. The molecule has 1 N–H and O–H groups in total. The molecule has 1 rings (SSSR count). The summed E-state index contributed by atoms with van der Waals surface area (Å²) in [6, 6.07) is 6.24. The molecule has 174 valence electrons. The fourth-order valence-electron chi connectivity index (χ4n) is 3.83. The minimum absolute atomic E-state index is 0.729. The van der Waals surface area contributed by atoms with Gasteiger partial charge in [-0.3, -0.25) is 0 Å². The van der Waals surface area contributed by atoms with E-state index in [4.69, 9.17) is 9.47 Å². The van der Waals surface area contributed by atoms with E-state index in [2.05, 4.69) is 31.3 Å². The molecule has 0 spiro atoms. The summed E-state index contributed by atoms with van der Waals surface area (Å²) in [7, 11) is 1.71. The second-order valence-electron chi connectivity index (χ2n) is 8.61. The van der Waals surface area contributed by atoms with Crippen LogP contribution in [0, 0.1) is 0 Å². The lowest BCUT2D eigenvalue weighted by Gasteiger charge is -2.12. The maximum atomic E-state index is 5.72. The molecule has 0 saturated heterocycles. The molecule has 0 radical (unpaired) electrons. The van der Waals surface area contributed by atoms with Crippen molar-refractivity contribution in [1.29, 1.82) is 0 Å². The predicted molar refractivity (Wildman–Crippen MR) is 131 cm³/mol. The van der Waals surface area contributed by atoms with E-state index in [1.807, 2.05) is 6.07 Å². The molecule has 0 aliphatic heterocycles. The predicted octanol–water partition coefficient (Wildman–Crippen LogP) is 8.05. The van der Waals surface area contributed by atoms with Crippen LogP contribution >= 0.6 is 0 Å². The number of hydrogen-bond donors (Lipinski definition) is 1. The van der Waals surface area contributed by atoms with Crippen LogP contribution in [0.1, 0.15) is 116 Å². The zero-order chi connectivity index (χ0) is 21.7. The molecule has 1 aromatic rings. The molecular formula is C27H49NO2. The lowest BCUT2D eigenvalue weighted by molar-refractivity contribution is 0.294. The lowest BCUT2D eigenvalue weighted by Crippen LogP contribution is -2.14. The smallest absolute Gasteiger partial charge is 0.161 e. The Bertz CT molecular complexity index is 504. The van der Waals surface area contributed by atoms with Gasteiger partial charge in [-0.15, -0.1) is 0 Å². The average Bonchev–Trinajstić information content (AvgIpc) is 2.77. The zero-order valence-corrected chi connectivity index (χ0v) is 20.3. The SMILES string of the molecule is CCCCCCCCCCCCCCCCNCc1ccc(OCCC)c(OC)c1. The molecule has 0 aliphatic carbocycles. The molecule has 0 saturated carbocycles. The molecule has 0 bridgehead atoms. The molecule has 0 unspecified atom stereocenters. The van der Waals surface area contributed by atoms with Crippen LogP contribution in [0.2, 0.25) is 0 Å². The van der Waals surface area contributed by atoms with Crippen molar-refractivity contribution >= 4 is 0 Å². The van der Waals surface area contributed by atoms with Crippen molar-refractivity contribution in [3.8, 4) is 11.5 Å². The fourth-order valence-corrected chi connectivity index (χ4v) is 3.83. The van der Waals surface area contributed by atoms with Crippen LogP contribution in [0.3, 0.4) is 0 Å². The number of ether oxygens (including phenoxy) is 2. The van der Waals surface area contributed by atoms with Gasteiger partial charge in [0.25, 0.3) is 0 Å². The van der Waals surface area contributed by atoms with Crippen LogP contribution in [0.4, 0.5) is 0 Å². The Morgan fingerprint density at radius 3 is 1.77 bits per heavy atom. The van der Waals surface area contributed by atoms with E-state index in [0.29, 0.717) is 0 Å². The fraction of sp³-hybridized carbons (Fsp3) is 0.778. The van der Waals surface area contributed by atoms with Crippen molar-refractivity contribution in [3.05, 3.63) is 23.8 Å². The van der Waals surface area contributed by atoms with Gasteiger partial charge in [-0.05, 0) is 37.1 Å². The normalized spacial score (nSPS) is 11.0. The Morgan fingerprint density at radius 2 is 1.23 bits per heavy atom. The third kappa shape index (κ3) is 13.9. The maximum Gasteiger partial charge on any atom is 0.161 e. The molecule has 0 aromatic heterocycles. The Kier molecular flexibility index (Phi) is 17.6. The third-order valence-electron chi connectivity index (χ3n) is 5.73. The van der Waals surface area contributed by atoms with Crippen molar-refractivity contribution in [2.24, 2.45) is 0 Å². The highest BCUT2D eigenvalue weighted by molar-refractivity contribution is 5.42. The molecule has 0 heterocycles. The van der Waals surface area contributed by atoms with Crippen LogP contribution in [0.25, 0.3) is 0 Å². The van der Waals surface area contributed by atoms with E-state index in [9.17, 15) is 0 Å². The second kappa shape index (κ2) is 19.7. The maximum absolute atomic E-state index is 5.72. The van der Waals surface area contributed by atoms with Crippen molar-refractivity contribution in [1.82, 2.24) is 5.32 Å². The van der Waals surface area contributed by atoms with Gasteiger partial charge in [0, 0.05) is 6.54 Å². The van der Waals surface area contributed by atoms with E-state index in [1.54, 1.807) is 7.11 Å². The van der Waals surface area contributed by atoms with Crippen molar-refractivity contribution in [3.63, 3.8) is 0 Å². The number of methoxy groups -OCH3 is 1. The van der Waals surface area contributed by atoms with Gasteiger partial charge in [0.15, 0.2) is 11.5 Å². The first-order valence-electron chi connectivity index (χ1n) is 12.8. The zero-order valence-electron chi connectivity index (χ0n) is 20.3. The monoisotopic (exact) mass is 419 g/mol. The lowest BCUT2D eigenvalue weighted by atomic mass is 10.0. The summed E-state index contributed by atoms with van der Waals surface area (Å²) in [6.07, 6.45) is 20.8. The Balaban J connectivity index is 1.93. The van der Waals surface area contributed by atoms with Crippen LogP contribution in [-0.2, 0) is 6.54 Å². The first-order valence-corrected chi connectivity index (χ1v) is 12.8. The van der Waals surface area contributed by atoms with Gasteiger partial charge in [-0.2, -0.15) is 0 Å². The summed E-state index contributed by atoms with van der Waals surface area (Å²) in [5.41, 5.74) is 1.25. The minimum Gasteiger partial charge on any atom is -0.493 e. The summed E-state index contributed by atoms with van der Waals surface area (Å²) in [5, 5.41) is 3.56. The van der Waals surface area contributed by atoms with E-state index in [-0.39, 0.29) is 0 Å². The van der Waals surface area contributed by atoms with Crippen LogP contribution in [-0.4, -0.2) is 20.3 Å². The minimum atomic E-state index is 0.729. The van der Waals surface area contributed by atoms with Crippen LogP contribution in [0.15, 0.2) is 18.2 Å². The molecule has 0 fully saturated rings. The van der Waals surface area contributed by atoms with Gasteiger partial charge in [-0.25, -0.2) is 0 Å². The first kappa shape index (κ1) is 26.8. The van der Waals surface area contributed by atoms with E-state index >= 15 is 0 Å². The quantitative estimate of drug-likeness (QED) is 0.204. The highest BCUT2D eigenvalue weighted by Crippen LogP contribution is 2.28. The summed E-state index contributed by atoms with van der Waals surface area (Å²) in [5.74, 6) is 1.68. The molecule has 3 heteroatoms. The Labute approximate surface area is 187 Å². The molecule has 0 amide bonds.